The average Bonchev–Trinajstić information content (AvgIpc) is 2.94. The molecular formula is C21H29N3O2. The monoisotopic (exact) mass is 355 g/mol. The van der Waals surface area contributed by atoms with Crippen LogP contribution in [-0.2, 0) is 16.9 Å². The van der Waals surface area contributed by atoms with Gasteiger partial charge in [0.15, 0.2) is 0 Å². The van der Waals surface area contributed by atoms with E-state index in [0.717, 1.165) is 69.4 Å². The quantitative estimate of drug-likeness (QED) is 0.848. The van der Waals surface area contributed by atoms with Crippen LogP contribution in [0.1, 0.15) is 50.2 Å². The molecule has 1 aliphatic heterocycles. The summed E-state index contributed by atoms with van der Waals surface area (Å²) in [6, 6.07) is 8.41. The average molecular weight is 355 g/mol. The van der Waals surface area contributed by atoms with Gasteiger partial charge in [-0.25, -0.2) is 6.57 Å². The summed E-state index contributed by atoms with van der Waals surface area (Å²) in [6.45, 7) is 13.2. The Bertz CT molecular complexity index is 657. The second-order valence-electron chi connectivity index (χ2n) is 7.63. The molecule has 0 radical (unpaired) electrons. The van der Waals surface area contributed by atoms with Gasteiger partial charge in [-0.15, -0.1) is 0 Å². The largest absolute Gasteiger partial charge is 0.392 e. The molecule has 0 unspecified atom stereocenters. The first kappa shape index (κ1) is 18.9. The van der Waals surface area contributed by atoms with Gasteiger partial charge < -0.3 is 14.9 Å². The lowest BCUT2D eigenvalue weighted by Gasteiger charge is -2.37. The number of amides is 1. The van der Waals surface area contributed by atoms with Crippen molar-refractivity contribution in [2.45, 2.75) is 57.2 Å². The molecule has 0 spiro atoms. The van der Waals surface area contributed by atoms with Gasteiger partial charge in [0.25, 0.3) is 5.54 Å². The van der Waals surface area contributed by atoms with Crippen LogP contribution < -0.4 is 0 Å². The van der Waals surface area contributed by atoms with Gasteiger partial charge in [0.05, 0.1) is 6.61 Å². The maximum Gasteiger partial charge on any atom is 0.257 e. The van der Waals surface area contributed by atoms with Gasteiger partial charge in [0, 0.05) is 57.5 Å². The minimum absolute atomic E-state index is 0.0413. The number of hydrogen-bond donors (Lipinski definition) is 1. The van der Waals surface area contributed by atoms with Gasteiger partial charge >= 0.3 is 0 Å². The Hall–Kier alpha value is -1.90. The Kier molecular flexibility index (Phi) is 5.95. The normalized spacial score (nSPS) is 27.6. The molecule has 140 valence electrons. The molecule has 0 bridgehead atoms. The van der Waals surface area contributed by atoms with Gasteiger partial charge in [-0.2, -0.15) is 0 Å². The zero-order chi connectivity index (χ0) is 18.6. The van der Waals surface area contributed by atoms with Gasteiger partial charge in [-0.05, 0) is 24.8 Å². The van der Waals surface area contributed by atoms with Gasteiger partial charge in [-0.3, -0.25) is 9.69 Å². The third kappa shape index (κ3) is 3.92. The van der Waals surface area contributed by atoms with Crippen molar-refractivity contribution in [3.63, 3.8) is 0 Å². The standard InChI is InChI=1S/C21H29N3O2/c1-17(26)23-12-3-13-24(15-14-23)20-8-10-21(22-2,11-9-20)19-6-4-18(16-25)5-7-19/h4-7,20,25H,3,8-16H2,1H3. The topological polar surface area (TPSA) is 48.1 Å². The van der Waals surface area contributed by atoms with Crippen molar-refractivity contribution in [3.05, 3.63) is 46.8 Å². The van der Waals surface area contributed by atoms with Crippen LogP contribution in [0.15, 0.2) is 24.3 Å². The molecule has 1 heterocycles. The molecule has 2 aliphatic rings. The highest BCUT2D eigenvalue weighted by Crippen LogP contribution is 2.42. The molecule has 2 fully saturated rings. The maximum absolute atomic E-state index is 11.6. The van der Waals surface area contributed by atoms with E-state index in [-0.39, 0.29) is 12.5 Å². The van der Waals surface area contributed by atoms with Crippen molar-refractivity contribution in [1.82, 2.24) is 9.80 Å². The molecule has 3 rings (SSSR count). The van der Waals surface area contributed by atoms with Crippen molar-refractivity contribution in [3.8, 4) is 0 Å². The fourth-order valence-electron chi connectivity index (χ4n) is 4.45. The first-order valence-corrected chi connectivity index (χ1v) is 9.66. The van der Waals surface area contributed by atoms with Crippen LogP contribution in [0.4, 0.5) is 0 Å². The summed E-state index contributed by atoms with van der Waals surface area (Å²) < 4.78 is 0. The molecule has 1 N–H and O–H groups in total. The number of carbonyl (C=O) groups excluding carboxylic acids is 1. The Balaban J connectivity index is 1.63. The smallest absolute Gasteiger partial charge is 0.257 e. The highest BCUT2D eigenvalue weighted by Gasteiger charge is 2.44. The number of aliphatic hydroxyl groups excluding tert-OH is 1. The molecule has 1 amide bonds. The van der Waals surface area contributed by atoms with E-state index in [2.05, 4.69) is 9.74 Å². The van der Waals surface area contributed by atoms with Crippen molar-refractivity contribution >= 4 is 5.91 Å². The van der Waals surface area contributed by atoms with E-state index in [1.807, 2.05) is 29.2 Å². The minimum atomic E-state index is -0.415. The summed E-state index contributed by atoms with van der Waals surface area (Å²) in [4.78, 5) is 20.2. The molecule has 1 saturated heterocycles. The summed E-state index contributed by atoms with van der Waals surface area (Å²) in [5, 5.41) is 9.22. The molecule has 0 aromatic heterocycles. The second-order valence-corrected chi connectivity index (χ2v) is 7.63. The van der Waals surface area contributed by atoms with E-state index < -0.39 is 5.54 Å². The molecule has 0 atom stereocenters. The lowest BCUT2D eigenvalue weighted by molar-refractivity contribution is -0.128. The number of benzene rings is 1. The summed E-state index contributed by atoms with van der Waals surface area (Å²) >= 11 is 0. The molecule has 26 heavy (non-hydrogen) atoms. The minimum Gasteiger partial charge on any atom is -0.392 e. The van der Waals surface area contributed by atoms with Crippen LogP contribution in [0.5, 0.6) is 0 Å². The van der Waals surface area contributed by atoms with Gasteiger partial charge in [-0.1, -0.05) is 24.3 Å². The van der Waals surface area contributed by atoms with Crippen LogP contribution >= 0.6 is 0 Å². The van der Waals surface area contributed by atoms with Gasteiger partial charge in [0.1, 0.15) is 0 Å². The molecule has 5 heteroatoms. The third-order valence-corrected chi connectivity index (χ3v) is 6.16. The molecule has 1 aliphatic carbocycles. The zero-order valence-corrected chi connectivity index (χ0v) is 15.7. The summed E-state index contributed by atoms with van der Waals surface area (Å²) in [5.74, 6) is 0.175. The number of aliphatic hydroxyl groups is 1. The predicted molar refractivity (Wildman–Crippen MR) is 101 cm³/mol. The highest BCUT2D eigenvalue weighted by molar-refractivity contribution is 5.73. The molecular weight excluding hydrogens is 326 g/mol. The van der Waals surface area contributed by atoms with Gasteiger partial charge in [0.2, 0.25) is 5.91 Å². The predicted octanol–water partition coefficient (Wildman–Crippen LogP) is 2.79. The van der Waals surface area contributed by atoms with Crippen molar-refractivity contribution in [2.24, 2.45) is 0 Å². The zero-order valence-electron chi connectivity index (χ0n) is 15.7. The van der Waals surface area contributed by atoms with Crippen LogP contribution in [0.25, 0.3) is 4.85 Å². The van der Waals surface area contributed by atoms with Crippen molar-refractivity contribution in [2.75, 3.05) is 26.2 Å². The molecule has 1 saturated carbocycles. The maximum atomic E-state index is 11.6. The van der Waals surface area contributed by atoms with E-state index in [9.17, 15) is 9.90 Å². The van der Waals surface area contributed by atoms with E-state index in [1.54, 1.807) is 6.92 Å². The van der Waals surface area contributed by atoms with E-state index in [4.69, 9.17) is 6.57 Å². The van der Waals surface area contributed by atoms with Crippen molar-refractivity contribution < 1.29 is 9.90 Å². The second kappa shape index (κ2) is 8.20. The van der Waals surface area contributed by atoms with Crippen LogP contribution in [0.2, 0.25) is 0 Å². The van der Waals surface area contributed by atoms with Crippen LogP contribution in [0, 0.1) is 6.57 Å². The summed E-state index contributed by atoms with van der Waals surface area (Å²) in [6.07, 6.45) is 4.86. The molecule has 1 aromatic carbocycles. The summed E-state index contributed by atoms with van der Waals surface area (Å²) in [5.41, 5.74) is 1.56. The number of nitrogens with zero attached hydrogens (tertiary/aromatic N) is 3. The first-order chi connectivity index (χ1) is 12.6. The lowest BCUT2D eigenvalue weighted by Crippen LogP contribution is -2.43. The van der Waals surface area contributed by atoms with Crippen LogP contribution in [0.3, 0.4) is 0 Å². The van der Waals surface area contributed by atoms with E-state index in [0.29, 0.717) is 6.04 Å². The molecule has 1 aromatic rings. The SMILES string of the molecule is [C-]#[N+]C1(c2ccc(CO)cc2)CCC(N2CCCN(C(C)=O)CC2)CC1. The fraction of sp³-hybridized carbons (Fsp3) is 0.619. The molecule has 5 nitrogen and oxygen atoms in total. The number of carbonyl (C=O) groups is 1. The van der Waals surface area contributed by atoms with E-state index in [1.165, 1.54) is 0 Å². The van der Waals surface area contributed by atoms with E-state index >= 15 is 0 Å². The Morgan fingerprint density at radius 2 is 1.88 bits per heavy atom. The Morgan fingerprint density at radius 3 is 2.46 bits per heavy atom. The number of rotatable bonds is 3. The lowest BCUT2D eigenvalue weighted by atomic mass is 9.75. The first-order valence-electron chi connectivity index (χ1n) is 9.66. The third-order valence-electron chi connectivity index (χ3n) is 6.16. The van der Waals surface area contributed by atoms with Crippen molar-refractivity contribution in [1.29, 1.82) is 0 Å². The Morgan fingerprint density at radius 1 is 1.19 bits per heavy atom. The summed E-state index contributed by atoms with van der Waals surface area (Å²) in [7, 11) is 0. The fourth-order valence-corrected chi connectivity index (χ4v) is 4.45. The highest BCUT2D eigenvalue weighted by atomic mass is 16.3. The number of hydrogen-bond acceptors (Lipinski definition) is 3. The Labute approximate surface area is 156 Å². The van der Waals surface area contributed by atoms with Crippen LogP contribution in [-0.4, -0.2) is 53.0 Å².